The van der Waals surface area contributed by atoms with Crippen molar-refractivity contribution in [1.29, 1.82) is 0 Å². The van der Waals surface area contributed by atoms with Crippen molar-refractivity contribution in [2.45, 2.75) is 13.8 Å². The summed E-state index contributed by atoms with van der Waals surface area (Å²) in [4.78, 5) is 57.0. The third-order valence-corrected chi connectivity index (χ3v) is 23.8. The molecule has 22 heteroatoms. The fraction of sp³-hybridized carbons (Fsp3) is 0.0204. The van der Waals surface area contributed by atoms with Crippen LogP contribution in [0.25, 0.3) is 0 Å². The second-order valence-corrected chi connectivity index (χ2v) is 33.0. The van der Waals surface area contributed by atoms with Gasteiger partial charge in [0.15, 0.2) is 24.6 Å². The van der Waals surface area contributed by atoms with E-state index in [2.05, 4.69) is 298 Å². The summed E-state index contributed by atoms with van der Waals surface area (Å²) in [6.45, 7) is 4.17. The topological polar surface area (TPSA) is 155 Å². The first-order valence-corrected chi connectivity index (χ1v) is 43.0. The molecule has 0 amide bonds. The van der Waals surface area contributed by atoms with Crippen LogP contribution in [-0.2, 0) is 34.1 Å². The van der Waals surface area contributed by atoms with Gasteiger partial charge in [0.25, 0.3) is 0 Å². The summed E-state index contributed by atoms with van der Waals surface area (Å²) < 4.78 is 4.77. The van der Waals surface area contributed by atoms with E-state index >= 15 is 0 Å². The van der Waals surface area contributed by atoms with Crippen molar-refractivity contribution in [3.63, 3.8) is 0 Å². The van der Waals surface area contributed by atoms with Crippen molar-refractivity contribution in [1.82, 2.24) is 59.8 Å². The third-order valence-electron chi connectivity index (χ3n) is 20.9. The molecule has 18 aromatic rings. The molecule has 0 bridgehead atoms. The van der Waals surface area contributed by atoms with Crippen molar-refractivity contribution in [3.05, 3.63) is 476 Å². The standard InChI is InChI=1S/4C21H16BIN3.2C7H8.2Fe/c4*23-18-12-10-17(11-13-18)22(19-7-1-4-14-24-19,20-8-2-5-15-25-20)21-9-3-6-16-26-21;2*1-7-5-3-2-4-6-7;;/h4*1-16H;2*2-6H,1H3;;/q4*-1;;;2*+2. The zero-order valence-electron chi connectivity index (χ0n) is 65.6. The van der Waals surface area contributed by atoms with Gasteiger partial charge in [0.1, 0.15) is 0 Å². The van der Waals surface area contributed by atoms with Crippen LogP contribution >= 0.6 is 90.4 Å². The zero-order valence-corrected chi connectivity index (χ0v) is 76.5. The molecule has 0 N–H and O–H groups in total. The summed E-state index contributed by atoms with van der Waals surface area (Å²) in [6, 6.07) is 127. The molecule has 0 aliphatic carbocycles. The van der Waals surface area contributed by atoms with Crippen molar-refractivity contribution in [2.24, 2.45) is 0 Å². The summed E-state index contributed by atoms with van der Waals surface area (Å²) in [7, 11) is 0. The fourth-order valence-corrected chi connectivity index (χ4v) is 17.0. The van der Waals surface area contributed by atoms with Crippen molar-refractivity contribution >= 4 is 204 Å². The number of halogens is 4. The first-order chi connectivity index (χ1) is 58.0. The predicted octanol–water partition coefficient (Wildman–Crippen LogP) is 11.4. The number of aryl methyl sites for hydroxylation is 2. The molecule has 0 unspecified atom stereocenters. The number of hydrogen-bond donors (Lipinski definition) is 0. The van der Waals surface area contributed by atoms with Gasteiger partial charge in [0.2, 0.25) is 0 Å². The van der Waals surface area contributed by atoms with Gasteiger partial charge in [-0.2, -0.15) is 21.9 Å². The van der Waals surface area contributed by atoms with E-state index in [9.17, 15) is 0 Å². The van der Waals surface area contributed by atoms with Crippen LogP contribution in [0, 0.1) is 28.1 Å². The van der Waals surface area contributed by atoms with Gasteiger partial charge in [0.05, 0.1) is 0 Å². The van der Waals surface area contributed by atoms with E-state index in [0.29, 0.717) is 0 Å². The first kappa shape index (κ1) is 90.1. The van der Waals surface area contributed by atoms with Crippen molar-refractivity contribution < 1.29 is 34.1 Å². The molecule has 0 fully saturated rings. The van der Waals surface area contributed by atoms with Crippen LogP contribution in [0.2, 0.25) is 0 Å². The van der Waals surface area contributed by atoms with Crippen LogP contribution in [-0.4, -0.2) is 84.4 Å². The van der Waals surface area contributed by atoms with Crippen LogP contribution in [0.1, 0.15) is 11.1 Å². The van der Waals surface area contributed by atoms with Crippen molar-refractivity contribution in [2.75, 3.05) is 0 Å². The maximum absolute atomic E-state index is 4.75. The number of aromatic nitrogens is 12. The summed E-state index contributed by atoms with van der Waals surface area (Å²) in [5.74, 6) is 0. The molecule has 12 aromatic heterocycles. The van der Waals surface area contributed by atoms with E-state index in [0.717, 1.165) is 89.0 Å². The van der Waals surface area contributed by atoms with E-state index in [-0.39, 0.29) is 34.1 Å². The average Bonchev–Trinajstić information content (AvgIpc) is 0.756. The maximum atomic E-state index is 4.75. The molecule has 0 radical (unpaired) electrons. The van der Waals surface area contributed by atoms with Crippen molar-refractivity contribution in [3.8, 4) is 0 Å². The molecule has 0 spiro atoms. The van der Waals surface area contributed by atoms with Gasteiger partial charge in [-0.25, -0.2) is 0 Å². The van der Waals surface area contributed by atoms with Gasteiger partial charge >= 0.3 is 34.1 Å². The van der Waals surface area contributed by atoms with E-state index in [4.69, 9.17) is 59.8 Å². The van der Waals surface area contributed by atoms with Gasteiger partial charge in [-0.15, -0.1) is 67.1 Å². The van der Waals surface area contributed by atoms with Gasteiger partial charge in [-0.05, 0) is 177 Å². The Balaban J connectivity index is 0.000000147. The number of pyridine rings is 12. The summed E-state index contributed by atoms with van der Waals surface area (Å²) in [6.07, 6.45) is 15.8. The third kappa shape index (κ3) is 21.5. The Morgan fingerprint density at radius 1 is 0.150 bits per heavy atom. The molecule has 0 saturated heterocycles. The van der Waals surface area contributed by atoms with Gasteiger partial charge in [-0.3, -0.25) is 0 Å². The molecule has 0 saturated carbocycles. The molecule has 6 aromatic carbocycles. The maximum Gasteiger partial charge on any atom is 2.00 e. The zero-order chi connectivity index (χ0) is 81.5. The smallest absolute Gasteiger partial charge is 0.302 e. The average molecular weight is 2090 g/mol. The van der Waals surface area contributed by atoms with Crippen LogP contribution in [0.3, 0.4) is 0 Å². The largest absolute Gasteiger partial charge is 2.00 e. The molecule has 18 rings (SSSR count). The minimum Gasteiger partial charge on any atom is -0.302 e. The molecule has 0 atom stereocenters. The number of hydrogen-bond acceptors (Lipinski definition) is 12. The Bertz CT molecular complexity index is 4860. The minimum absolute atomic E-state index is 0. The fourth-order valence-electron chi connectivity index (χ4n) is 15.5. The Morgan fingerprint density at radius 3 is 0.358 bits per heavy atom. The Kier molecular flexibility index (Phi) is 34.3. The molecule has 0 aliphatic rings. The first-order valence-electron chi connectivity index (χ1n) is 38.7. The van der Waals surface area contributed by atoms with Crippen LogP contribution in [0.15, 0.2) is 450 Å². The van der Waals surface area contributed by atoms with Crippen LogP contribution in [0.4, 0.5) is 0 Å². The van der Waals surface area contributed by atoms with Crippen LogP contribution in [0.5, 0.6) is 0 Å². The minimum atomic E-state index is -1.57. The van der Waals surface area contributed by atoms with E-state index in [1.54, 1.807) is 0 Å². The van der Waals surface area contributed by atoms with E-state index in [1.165, 1.54) is 25.4 Å². The number of benzene rings is 6. The van der Waals surface area contributed by atoms with Crippen LogP contribution < -0.4 is 89.0 Å². The predicted molar refractivity (Wildman–Crippen MR) is 527 cm³/mol. The van der Waals surface area contributed by atoms with Gasteiger partial charge < -0.3 is 59.8 Å². The number of rotatable bonds is 16. The van der Waals surface area contributed by atoms with E-state index < -0.39 is 24.6 Å². The normalized spacial score (nSPS) is 10.8. The number of nitrogens with zero attached hydrogens (tertiary/aromatic N) is 12. The molecule has 12 heterocycles. The van der Waals surface area contributed by atoms with E-state index in [1.807, 2.05) is 256 Å². The summed E-state index contributed by atoms with van der Waals surface area (Å²) in [5.41, 5.74) is 18.8. The summed E-state index contributed by atoms with van der Waals surface area (Å²) >= 11 is 9.32. The quantitative estimate of drug-likeness (QED) is 0.0668. The molecule has 588 valence electrons. The molecular weight excluding hydrogens is 2010 g/mol. The Labute approximate surface area is 779 Å². The Morgan fingerprint density at radius 2 is 0.267 bits per heavy atom. The molecule has 0 aliphatic heterocycles. The summed E-state index contributed by atoms with van der Waals surface area (Å²) in [5, 5.41) is 0. The second kappa shape index (κ2) is 45.7. The van der Waals surface area contributed by atoms with Gasteiger partial charge in [-0.1, -0.05) is 314 Å². The molecule has 12 nitrogen and oxygen atoms in total. The SMILES string of the molecule is Cc1ccccc1.Cc1ccccc1.Ic1ccc([B-](c2ccccn2)(c2ccccn2)c2ccccn2)cc1.Ic1ccc([B-](c2ccccn2)(c2ccccn2)c2ccccn2)cc1.Ic1ccc([B-](c2ccccn2)(c2ccccn2)c2ccccn2)cc1.Ic1ccc([B-](c2ccccn2)(c2ccccn2)c2ccccn2)cc1.[Fe+2].[Fe+2]. The monoisotopic (exact) mass is 2090 g/mol. The Hall–Kier alpha value is -10.7. The molecular formula is C98H80B4Fe2I4N12. The second-order valence-electron chi connectivity index (χ2n) is 28.0. The van der Waals surface area contributed by atoms with Gasteiger partial charge in [0, 0.05) is 88.6 Å². The molecule has 120 heavy (non-hydrogen) atoms.